The molecule has 2 aliphatic rings. The average molecular weight is 477 g/mol. The molecule has 0 bridgehead atoms. The van der Waals surface area contributed by atoms with Gasteiger partial charge in [-0.2, -0.15) is 0 Å². The maximum Gasteiger partial charge on any atom is 0.317 e. The zero-order chi connectivity index (χ0) is 24.2. The van der Waals surface area contributed by atoms with Crippen molar-refractivity contribution in [2.24, 2.45) is 17.6 Å². The van der Waals surface area contributed by atoms with Gasteiger partial charge in [-0.05, 0) is 68.2 Å². The summed E-state index contributed by atoms with van der Waals surface area (Å²) in [4.78, 5) is 16.6. The molecule has 1 saturated carbocycles. The fraction of sp³-hybridized carbons (Fsp3) is 0.481. The summed E-state index contributed by atoms with van der Waals surface area (Å²) >= 11 is 0. The van der Waals surface area contributed by atoms with Gasteiger partial charge in [0.1, 0.15) is 5.75 Å². The quantitative estimate of drug-likeness (QED) is 0.538. The number of nitrogens with two attached hydrogens (primary N) is 1. The summed E-state index contributed by atoms with van der Waals surface area (Å²) in [6.45, 7) is 5.48. The number of methoxy groups -OCH3 is 1. The van der Waals surface area contributed by atoms with E-state index in [0.717, 1.165) is 55.3 Å². The molecule has 186 valence electrons. The van der Waals surface area contributed by atoms with Crippen LogP contribution in [0.3, 0.4) is 0 Å². The molecular weight excluding hydrogens is 440 g/mol. The SMILES string of the molecule is COc1ccccc1N1CCN(CC2CCC(Cc3c(NC(N)=O)nn4ccccc34)CC2)CC1. The average Bonchev–Trinajstić information content (AvgIpc) is 3.21. The first kappa shape index (κ1) is 23.5. The van der Waals surface area contributed by atoms with E-state index in [-0.39, 0.29) is 0 Å². The lowest BCUT2D eigenvalue weighted by Gasteiger charge is -2.39. The minimum atomic E-state index is -0.566. The minimum Gasteiger partial charge on any atom is -0.495 e. The second-order valence-corrected chi connectivity index (χ2v) is 9.90. The lowest BCUT2D eigenvalue weighted by molar-refractivity contribution is 0.173. The Morgan fingerprint density at radius 3 is 2.49 bits per heavy atom. The lowest BCUT2D eigenvalue weighted by Crippen LogP contribution is -2.48. The van der Waals surface area contributed by atoms with Crippen LogP contribution in [-0.4, -0.2) is 60.4 Å². The van der Waals surface area contributed by atoms with Crippen molar-refractivity contribution >= 4 is 23.1 Å². The molecule has 0 unspecified atom stereocenters. The number of benzene rings is 1. The van der Waals surface area contributed by atoms with E-state index in [0.29, 0.717) is 11.7 Å². The molecule has 0 spiro atoms. The number of carbonyl (C=O) groups is 1. The van der Waals surface area contributed by atoms with Crippen LogP contribution in [0.1, 0.15) is 31.2 Å². The Morgan fingerprint density at radius 1 is 1.03 bits per heavy atom. The summed E-state index contributed by atoms with van der Waals surface area (Å²) in [6, 6.07) is 13.8. The van der Waals surface area contributed by atoms with Gasteiger partial charge >= 0.3 is 6.03 Å². The molecule has 3 N–H and O–H groups in total. The first-order valence-electron chi connectivity index (χ1n) is 12.7. The standard InChI is InChI=1S/C27H36N6O2/c1-35-25-8-3-2-7-24(25)32-16-14-31(15-17-32)19-21-11-9-20(10-12-21)18-22-23-6-4-5-13-33(23)30-26(22)29-27(28)34/h2-8,13,20-21H,9-12,14-19H2,1H3,(H3,28,29,30,34). The molecule has 8 nitrogen and oxygen atoms in total. The molecule has 1 saturated heterocycles. The summed E-state index contributed by atoms with van der Waals surface area (Å²) in [5.41, 5.74) is 8.75. The van der Waals surface area contributed by atoms with Crippen LogP contribution in [-0.2, 0) is 6.42 Å². The smallest absolute Gasteiger partial charge is 0.317 e. The van der Waals surface area contributed by atoms with Crippen LogP contribution >= 0.6 is 0 Å². The van der Waals surface area contributed by atoms with Crippen LogP contribution in [0.2, 0.25) is 0 Å². The zero-order valence-electron chi connectivity index (χ0n) is 20.5. The van der Waals surface area contributed by atoms with Gasteiger partial charge in [0.05, 0.1) is 18.3 Å². The van der Waals surface area contributed by atoms with Crippen LogP contribution in [0.5, 0.6) is 5.75 Å². The highest BCUT2D eigenvalue weighted by Gasteiger charge is 2.27. The number of primary amides is 1. The predicted octanol–water partition coefficient (Wildman–Crippen LogP) is 4.00. The Morgan fingerprint density at radius 2 is 1.74 bits per heavy atom. The van der Waals surface area contributed by atoms with Gasteiger partial charge in [0.2, 0.25) is 0 Å². The molecule has 2 aromatic heterocycles. The van der Waals surface area contributed by atoms with Crippen LogP contribution in [0.15, 0.2) is 48.7 Å². The number of pyridine rings is 1. The van der Waals surface area contributed by atoms with E-state index < -0.39 is 6.03 Å². The molecule has 2 fully saturated rings. The van der Waals surface area contributed by atoms with Gasteiger partial charge in [-0.25, -0.2) is 9.31 Å². The Kier molecular flexibility index (Phi) is 7.08. The molecule has 8 heteroatoms. The van der Waals surface area contributed by atoms with Crippen molar-refractivity contribution in [2.75, 3.05) is 50.1 Å². The molecule has 1 aliphatic carbocycles. The summed E-state index contributed by atoms with van der Waals surface area (Å²) in [7, 11) is 1.75. The Bertz CT molecular complexity index is 1150. The van der Waals surface area contributed by atoms with E-state index in [2.05, 4.69) is 38.4 Å². The van der Waals surface area contributed by atoms with Crippen molar-refractivity contribution in [1.29, 1.82) is 0 Å². The fourth-order valence-electron chi connectivity index (χ4n) is 5.80. The zero-order valence-corrected chi connectivity index (χ0v) is 20.5. The summed E-state index contributed by atoms with van der Waals surface area (Å²) in [5, 5.41) is 7.26. The maximum absolute atomic E-state index is 11.5. The summed E-state index contributed by atoms with van der Waals surface area (Å²) in [6.07, 6.45) is 7.78. The number of hydrogen-bond acceptors (Lipinski definition) is 5. The maximum atomic E-state index is 11.5. The highest BCUT2D eigenvalue weighted by Crippen LogP contribution is 2.35. The van der Waals surface area contributed by atoms with Crippen LogP contribution in [0.4, 0.5) is 16.3 Å². The molecule has 0 radical (unpaired) electrons. The Labute approximate surface area is 207 Å². The molecule has 1 aliphatic heterocycles. The number of carbonyl (C=O) groups excluding carboxylic acids is 1. The van der Waals surface area contributed by atoms with Gasteiger partial charge in [0.15, 0.2) is 5.82 Å². The number of anilines is 2. The predicted molar refractivity (Wildman–Crippen MR) is 139 cm³/mol. The number of hydrogen-bond donors (Lipinski definition) is 2. The normalized spacial score (nSPS) is 21.2. The van der Waals surface area contributed by atoms with Crippen molar-refractivity contribution in [2.45, 2.75) is 32.1 Å². The van der Waals surface area contributed by atoms with Gasteiger partial charge < -0.3 is 15.4 Å². The second-order valence-electron chi connectivity index (χ2n) is 9.90. The number of nitrogens with one attached hydrogen (secondary N) is 1. The van der Waals surface area contributed by atoms with Gasteiger partial charge in [0.25, 0.3) is 0 Å². The van der Waals surface area contributed by atoms with Crippen molar-refractivity contribution < 1.29 is 9.53 Å². The number of aromatic nitrogens is 2. The van der Waals surface area contributed by atoms with E-state index >= 15 is 0 Å². The van der Waals surface area contributed by atoms with E-state index in [9.17, 15) is 4.79 Å². The number of ether oxygens (including phenoxy) is 1. The molecule has 1 aromatic carbocycles. The van der Waals surface area contributed by atoms with E-state index in [4.69, 9.17) is 10.5 Å². The van der Waals surface area contributed by atoms with E-state index in [1.165, 1.54) is 37.9 Å². The Hall–Kier alpha value is -3.26. The third-order valence-corrected chi connectivity index (χ3v) is 7.66. The summed E-state index contributed by atoms with van der Waals surface area (Å²) in [5.74, 6) is 2.92. The molecule has 5 rings (SSSR count). The molecule has 3 heterocycles. The number of para-hydroxylation sites is 2. The van der Waals surface area contributed by atoms with Crippen LogP contribution < -0.4 is 20.7 Å². The van der Waals surface area contributed by atoms with Crippen molar-refractivity contribution in [1.82, 2.24) is 14.5 Å². The number of amides is 2. The van der Waals surface area contributed by atoms with E-state index in [1.54, 1.807) is 7.11 Å². The lowest BCUT2D eigenvalue weighted by atomic mass is 9.79. The molecule has 3 aromatic rings. The molecule has 2 amide bonds. The van der Waals surface area contributed by atoms with Gasteiger partial charge in [0, 0.05) is 44.5 Å². The van der Waals surface area contributed by atoms with Crippen LogP contribution in [0, 0.1) is 11.8 Å². The number of piperazine rings is 1. The third kappa shape index (κ3) is 5.37. The second kappa shape index (κ2) is 10.6. The van der Waals surface area contributed by atoms with Gasteiger partial charge in [-0.1, -0.05) is 18.2 Å². The number of fused-ring (bicyclic) bond motifs is 1. The van der Waals surface area contributed by atoms with Crippen molar-refractivity contribution in [3.8, 4) is 5.75 Å². The van der Waals surface area contributed by atoms with Gasteiger partial charge in [-0.15, -0.1) is 5.10 Å². The number of urea groups is 1. The molecular formula is C27H36N6O2. The summed E-state index contributed by atoms with van der Waals surface area (Å²) < 4.78 is 7.39. The molecule has 35 heavy (non-hydrogen) atoms. The van der Waals surface area contributed by atoms with E-state index in [1.807, 2.05) is 35.0 Å². The number of rotatable bonds is 7. The number of nitrogens with zero attached hydrogens (tertiary/aromatic N) is 4. The minimum absolute atomic E-state index is 0.566. The van der Waals surface area contributed by atoms with Crippen molar-refractivity contribution in [3.05, 3.63) is 54.2 Å². The monoisotopic (exact) mass is 476 g/mol. The fourth-order valence-corrected chi connectivity index (χ4v) is 5.80. The third-order valence-electron chi connectivity index (χ3n) is 7.66. The largest absolute Gasteiger partial charge is 0.495 e. The van der Waals surface area contributed by atoms with Crippen molar-refractivity contribution in [3.63, 3.8) is 0 Å². The molecule has 0 atom stereocenters. The first-order valence-corrected chi connectivity index (χ1v) is 12.7. The topological polar surface area (TPSA) is 88.1 Å². The van der Waals surface area contributed by atoms with Gasteiger partial charge in [-0.3, -0.25) is 10.2 Å². The highest BCUT2D eigenvalue weighted by atomic mass is 16.5. The highest BCUT2D eigenvalue weighted by molar-refractivity contribution is 5.89. The Balaban J connectivity index is 1.13. The first-order chi connectivity index (χ1) is 17.1. The van der Waals surface area contributed by atoms with Crippen LogP contribution in [0.25, 0.3) is 5.52 Å².